The maximum absolute atomic E-state index is 12.4. The lowest BCUT2D eigenvalue weighted by Crippen LogP contribution is -2.45. The molecule has 0 heterocycles. The maximum atomic E-state index is 12.4. The SMILES string of the molecule is Cc1cc(S(=O)(=O)NC(C)(C)C2CC2)ccc1C(N)=S. The number of nitrogens with one attached hydrogen (secondary N) is 1. The van der Waals surface area contributed by atoms with E-state index in [1.54, 1.807) is 25.1 Å². The molecular formula is C14H20N2O2S2. The zero-order valence-electron chi connectivity index (χ0n) is 11.9. The first-order valence-corrected chi connectivity index (χ1v) is 8.47. The molecule has 0 bridgehead atoms. The molecule has 1 aliphatic carbocycles. The van der Waals surface area contributed by atoms with Gasteiger partial charge in [-0.25, -0.2) is 13.1 Å². The molecule has 110 valence electrons. The van der Waals surface area contributed by atoms with Crippen molar-refractivity contribution in [1.29, 1.82) is 0 Å². The van der Waals surface area contributed by atoms with Gasteiger partial charge in [0.05, 0.1) is 4.90 Å². The fraction of sp³-hybridized carbons (Fsp3) is 0.500. The molecule has 0 saturated heterocycles. The molecule has 0 aliphatic heterocycles. The van der Waals surface area contributed by atoms with E-state index in [2.05, 4.69) is 4.72 Å². The van der Waals surface area contributed by atoms with Gasteiger partial charge in [-0.1, -0.05) is 18.3 Å². The van der Waals surface area contributed by atoms with Crippen LogP contribution in [0.15, 0.2) is 23.1 Å². The number of nitrogens with two attached hydrogens (primary N) is 1. The minimum atomic E-state index is -3.52. The van der Waals surface area contributed by atoms with Crippen molar-refractivity contribution in [1.82, 2.24) is 4.72 Å². The van der Waals surface area contributed by atoms with Crippen molar-refractivity contribution >= 4 is 27.2 Å². The first kappa shape index (κ1) is 15.4. The number of thiocarbonyl (C=S) groups is 1. The first-order valence-electron chi connectivity index (χ1n) is 6.58. The molecule has 0 spiro atoms. The van der Waals surface area contributed by atoms with Crippen LogP contribution in [0.1, 0.15) is 37.8 Å². The van der Waals surface area contributed by atoms with E-state index in [1.807, 2.05) is 13.8 Å². The van der Waals surface area contributed by atoms with Gasteiger partial charge < -0.3 is 5.73 Å². The topological polar surface area (TPSA) is 72.2 Å². The van der Waals surface area contributed by atoms with Gasteiger partial charge >= 0.3 is 0 Å². The highest BCUT2D eigenvalue weighted by atomic mass is 32.2. The van der Waals surface area contributed by atoms with Gasteiger partial charge in [-0.05, 0) is 57.2 Å². The fourth-order valence-corrected chi connectivity index (χ4v) is 4.16. The van der Waals surface area contributed by atoms with Crippen LogP contribution in [0.3, 0.4) is 0 Å². The monoisotopic (exact) mass is 312 g/mol. The Balaban J connectivity index is 2.30. The van der Waals surface area contributed by atoms with Gasteiger partial charge in [0.1, 0.15) is 4.99 Å². The summed E-state index contributed by atoms with van der Waals surface area (Å²) in [6.07, 6.45) is 2.16. The van der Waals surface area contributed by atoms with Crippen LogP contribution in [0.5, 0.6) is 0 Å². The highest BCUT2D eigenvalue weighted by molar-refractivity contribution is 7.89. The van der Waals surface area contributed by atoms with Gasteiger partial charge in [-0.15, -0.1) is 0 Å². The van der Waals surface area contributed by atoms with E-state index in [9.17, 15) is 8.42 Å². The van der Waals surface area contributed by atoms with Gasteiger partial charge in [0, 0.05) is 11.1 Å². The molecule has 1 aromatic rings. The second-order valence-corrected chi connectivity index (χ2v) is 8.06. The minimum absolute atomic E-state index is 0.253. The van der Waals surface area contributed by atoms with E-state index < -0.39 is 15.6 Å². The summed E-state index contributed by atoms with van der Waals surface area (Å²) >= 11 is 4.93. The molecular weight excluding hydrogens is 292 g/mol. The van der Waals surface area contributed by atoms with E-state index in [-0.39, 0.29) is 9.88 Å². The highest BCUT2D eigenvalue weighted by Gasteiger charge is 2.40. The predicted octanol–water partition coefficient (Wildman–Crippen LogP) is 2.10. The van der Waals surface area contributed by atoms with Crippen molar-refractivity contribution in [3.8, 4) is 0 Å². The molecule has 1 aliphatic rings. The summed E-state index contributed by atoms with van der Waals surface area (Å²) in [4.78, 5) is 0.529. The van der Waals surface area contributed by atoms with Gasteiger partial charge in [0.2, 0.25) is 10.0 Å². The van der Waals surface area contributed by atoms with E-state index in [0.717, 1.165) is 18.4 Å². The lowest BCUT2D eigenvalue weighted by molar-refractivity contribution is 0.400. The molecule has 0 amide bonds. The van der Waals surface area contributed by atoms with Gasteiger partial charge in [0.25, 0.3) is 0 Å². The van der Waals surface area contributed by atoms with Crippen LogP contribution in [-0.4, -0.2) is 18.9 Å². The summed E-state index contributed by atoms with van der Waals surface area (Å²) in [5, 5.41) is 0. The standard InChI is InChI=1S/C14H20N2O2S2/c1-9-8-11(6-7-12(9)13(15)19)20(17,18)16-14(2,3)10-4-5-10/h6-8,10,16H,4-5H2,1-3H3,(H2,15,19). The molecule has 0 radical (unpaired) electrons. The Morgan fingerprint density at radius 3 is 2.45 bits per heavy atom. The van der Waals surface area contributed by atoms with Gasteiger partial charge in [0.15, 0.2) is 0 Å². The number of hydrogen-bond donors (Lipinski definition) is 2. The highest BCUT2D eigenvalue weighted by Crippen LogP contribution is 2.39. The summed E-state index contributed by atoms with van der Waals surface area (Å²) in [5.74, 6) is 0.425. The Labute approximate surface area is 125 Å². The fourth-order valence-electron chi connectivity index (χ4n) is 2.37. The molecule has 1 saturated carbocycles. The molecule has 0 aromatic heterocycles. The lowest BCUT2D eigenvalue weighted by atomic mass is 10.0. The van der Waals surface area contributed by atoms with Crippen LogP contribution in [0, 0.1) is 12.8 Å². The molecule has 4 nitrogen and oxygen atoms in total. The Bertz CT molecular complexity index is 647. The van der Waals surface area contributed by atoms with Crippen LogP contribution in [0.4, 0.5) is 0 Å². The Morgan fingerprint density at radius 2 is 2.00 bits per heavy atom. The summed E-state index contributed by atoms with van der Waals surface area (Å²) in [6, 6.07) is 4.82. The van der Waals surface area contributed by atoms with E-state index in [1.165, 1.54) is 0 Å². The molecule has 0 unspecified atom stereocenters. The molecule has 1 fully saturated rings. The average molecular weight is 312 g/mol. The molecule has 3 N–H and O–H groups in total. The Hall–Kier alpha value is -0.980. The van der Waals surface area contributed by atoms with Crippen LogP contribution in [0.2, 0.25) is 0 Å². The van der Waals surface area contributed by atoms with Crippen LogP contribution < -0.4 is 10.5 Å². The predicted molar refractivity (Wildman–Crippen MR) is 84.2 cm³/mol. The Morgan fingerprint density at radius 1 is 1.40 bits per heavy atom. The third-order valence-electron chi connectivity index (χ3n) is 3.77. The van der Waals surface area contributed by atoms with Crippen LogP contribution in [-0.2, 0) is 10.0 Å². The second-order valence-electron chi connectivity index (χ2n) is 5.94. The van der Waals surface area contributed by atoms with Crippen molar-refractivity contribution in [2.24, 2.45) is 11.7 Å². The van der Waals surface area contributed by atoms with Crippen molar-refractivity contribution in [3.63, 3.8) is 0 Å². The van der Waals surface area contributed by atoms with Gasteiger partial charge in [-0.3, -0.25) is 0 Å². The summed E-state index contributed by atoms with van der Waals surface area (Å²) in [5.41, 5.74) is 6.66. The zero-order chi connectivity index (χ0) is 15.1. The number of sulfonamides is 1. The summed E-state index contributed by atoms with van der Waals surface area (Å²) in [6.45, 7) is 5.66. The molecule has 0 atom stereocenters. The molecule has 6 heteroatoms. The van der Waals surface area contributed by atoms with Gasteiger partial charge in [-0.2, -0.15) is 0 Å². The number of hydrogen-bond acceptors (Lipinski definition) is 3. The average Bonchev–Trinajstić information content (AvgIpc) is 3.10. The normalized spacial score (nSPS) is 16.1. The number of aryl methyl sites for hydroxylation is 1. The maximum Gasteiger partial charge on any atom is 0.241 e. The summed E-state index contributed by atoms with van der Waals surface area (Å²) < 4.78 is 27.7. The molecule has 20 heavy (non-hydrogen) atoms. The van der Waals surface area contributed by atoms with Crippen molar-refractivity contribution in [3.05, 3.63) is 29.3 Å². The third-order valence-corrected chi connectivity index (χ3v) is 5.66. The van der Waals surface area contributed by atoms with Crippen molar-refractivity contribution in [2.75, 3.05) is 0 Å². The molecule has 2 rings (SSSR count). The van der Waals surface area contributed by atoms with E-state index >= 15 is 0 Å². The lowest BCUT2D eigenvalue weighted by Gasteiger charge is -2.26. The van der Waals surface area contributed by atoms with Crippen LogP contribution in [0.25, 0.3) is 0 Å². The third kappa shape index (κ3) is 3.19. The van der Waals surface area contributed by atoms with E-state index in [4.69, 9.17) is 18.0 Å². The number of benzene rings is 1. The van der Waals surface area contributed by atoms with Crippen LogP contribution >= 0.6 is 12.2 Å². The zero-order valence-corrected chi connectivity index (χ0v) is 13.6. The summed E-state index contributed by atoms with van der Waals surface area (Å²) in [7, 11) is -3.52. The Kier molecular flexibility index (Phi) is 3.92. The largest absolute Gasteiger partial charge is 0.389 e. The second kappa shape index (κ2) is 5.09. The smallest absolute Gasteiger partial charge is 0.241 e. The van der Waals surface area contributed by atoms with Crippen molar-refractivity contribution < 1.29 is 8.42 Å². The first-order chi connectivity index (χ1) is 9.13. The van der Waals surface area contributed by atoms with Crippen molar-refractivity contribution in [2.45, 2.75) is 44.0 Å². The number of rotatable bonds is 5. The molecule has 1 aromatic carbocycles. The quantitative estimate of drug-likeness (QED) is 0.817. The van der Waals surface area contributed by atoms with E-state index in [0.29, 0.717) is 11.5 Å². The minimum Gasteiger partial charge on any atom is -0.389 e.